The zero-order valence-electron chi connectivity index (χ0n) is 12.3. The fraction of sp³-hybridized carbons (Fsp3) is 0.471. The van der Waals surface area contributed by atoms with Gasteiger partial charge in [0.25, 0.3) is 5.91 Å². The first-order valence-electron chi connectivity index (χ1n) is 7.03. The van der Waals surface area contributed by atoms with Gasteiger partial charge in [0.15, 0.2) is 0 Å². The van der Waals surface area contributed by atoms with Gasteiger partial charge in [0.1, 0.15) is 6.61 Å². The number of aliphatic hydroxyl groups excluding tert-OH is 1. The third kappa shape index (κ3) is 2.86. The summed E-state index contributed by atoms with van der Waals surface area (Å²) < 4.78 is 0. The lowest BCUT2D eigenvalue weighted by Gasteiger charge is -2.18. The first-order valence-corrected chi connectivity index (χ1v) is 7.03. The normalized spacial score (nSPS) is 21.5. The van der Waals surface area contributed by atoms with E-state index in [4.69, 9.17) is 5.11 Å². The lowest BCUT2D eigenvalue weighted by Crippen LogP contribution is -2.29. The van der Waals surface area contributed by atoms with Gasteiger partial charge in [-0.3, -0.25) is 4.79 Å². The number of rotatable bonds is 1. The van der Waals surface area contributed by atoms with E-state index in [0.717, 1.165) is 29.8 Å². The molecule has 20 heavy (non-hydrogen) atoms. The van der Waals surface area contributed by atoms with Crippen LogP contribution in [0.4, 0.5) is 0 Å². The van der Waals surface area contributed by atoms with Gasteiger partial charge < -0.3 is 10.0 Å². The van der Waals surface area contributed by atoms with Gasteiger partial charge in [-0.15, -0.1) is 0 Å². The quantitative estimate of drug-likeness (QED) is 0.794. The highest BCUT2D eigenvalue weighted by Gasteiger charge is 2.30. The van der Waals surface area contributed by atoms with E-state index < -0.39 is 0 Å². The molecule has 1 aromatic carbocycles. The van der Waals surface area contributed by atoms with Gasteiger partial charge in [0, 0.05) is 24.2 Å². The summed E-state index contributed by atoms with van der Waals surface area (Å²) in [6.45, 7) is 7.77. The summed E-state index contributed by atoms with van der Waals surface area (Å²) in [6.07, 6.45) is 0. The van der Waals surface area contributed by atoms with Gasteiger partial charge in [-0.2, -0.15) is 0 Å². The summed E-state index contributed by atoms with van der Waals surface area (Å²) in [5, 5.41) is 8.78. The Morgan fingerprint density at radius 3 is 2.60 bits per heavy atom. The summed E-state index contributed by atoms with van der Waals surface area (Å²) in [5.41, 5.74) is 2.42. The van der Waals surface area contributed by atoms with E-state index in [-0.39, 0.29) is 12.5 Å². The molecule has 1 heterocycles. The summed E-state index contributed by atoms with van der Waals surface area (Å²) >= 11 is 0. The molecule has 3 heteroatoms. The third-order valence-electron chi connectivity index (χ3n) is 4.14. The van der Waals surface area contributed by atoms with Crippen molar-refractivity contribution in [3.05, 3.63) is 34.9 Å². The van der Waals surface area contributed by atoms with Crippen LogP contribution in [0.15, 0.2) is 18.2 Å². The molecule has 1 aliphatic heterocycles. The van der Waals surface area contributed by atoms with E-state index in [0.29, 0.717) is 11.8 Å². The lowest BCUT2D eigenvalue weighted by atomic mass is 10.0. The second-order valence-corrected chi connectivity index (χ2v) is 5.60. The topological polar surface area (TPSA) is 40.5 Å². The summed E-state index contributed by atoms with van der Waals surface area (Å²) in [4.78, 5) is 14.5. The molecule has 1 N–H and O–H groups in total. The van der Waals surface area contributed by atoms with E-state index in [9.17, 15) is 4.79 Å². The number of benzene rings is 1. The molecule has 0 aromatic heterocycles. The summed E-state index contributed by atoms with van der Waals surface area (Å²) in [7, 11) is 0. The Morgan fingerprint density at radius 1 is 1.35 bits per heavy atom. The fourth-order valence-electron chi connectivity index (χ4n) is 2.60. The van der Waals surface area contributed by atoms with Crippen LogP contribution in [0.2, 0.25) is 0 Å². The number of aliphatic hydroxyl groups is 1. The van der Waals surface area contributed by atoms with E-state index in [1.165, 1.54) is 0 Å². The number of hydrogen-bond donors (Lipinski definition) is 1. The Balaban J connectivity index is 2.27. The second kappa shape index (κ2) is 6.11. The Labute approximate surface area is 120 Å². The molecule has 2 atom stereocenters. The molecule has 1 aromatic rings. The Morgan fingerprint density at radius 2 is 2.00 bits per heavy atom. The van der Waals surface area contributed by atoms with Crippen molar-refractivity contribution >= 4 is 5.91 Å². The lowest BCUT2D eigenvalue weighted by molar-refractivity contribution is 0.0784. The molecular weight excluding hydrogens is 250 g/mol. The molecule has 3 nitrogen and oxygen atoms in total. The molecule has 0 bridgehead atoms. The predicted molar refractivity (Wildman–Crippen MR) is 79.4 cm³/mol. The fourth-order valence-corrected chi connectivity index (χ4v) is 2.60. The van der Waals surface area contributed by atoms with Gasteiger partial charge in [-0.1, -0.05) is 31.8 Å². The van der Waals surface area contributed by atoms with E-state index in [1.807, 2.05) is 30.0 Å². The molecular formula is C17H21NO2. The van der Waals surface area contributed by atoms with Crippen LogP contribution in [0.1, 0.15) is 35.3 Å². The molecule has 1 amide bonds. The number of carbonyl (C=O) groups is 1. The summed E-state index contributed by atoms with van der Waals surface area (Å²) in [5.74, 6) is 6.73. The van der Waals surface area contributed by atoms with Crippen LogP contribution in [0.3, 0.4) is 0 Å². The van der Waals surface area contributed by atoms with Crippen molar-refractivity contribution in [2.24, 2.45) is 11.8 Å². The number of hydrogen-bond acceptors (Lipinski definition) is 2. The highest BCUT2D eigenvalue weighted by Crippen LogP contribution is 2.25. The second-order valence-electron chi connectivity index (χ2n) is 5.60. The maximum Gasteiger partial charge on any atom is 0.254 e. The van der Waals surface area contributed by atoms with E-state index in [2.05, 4.69) is 25.7 Å². The van der Waals surface area contributed by atoms with Gasteiger partial charge in [0.05, 0.1) is 0 Å². The smallest absolute Gasteiger partial charge is 0.254 e. The van der Waals surface area contributed by atoms with Crippen LogP contribution in [0.5, 0.6) is 0 Å². The minimum Gasteiger partial charge on any atom is -0.384 e. The molecule has 0 saturated carbocycles. The van der Waals surface area contributed by atoms with Crippen molar-refractivity contribution < 1.29 is 9.90 Å². The number of amides is 1. The minimum absolute atomic E-state index is 0.0892. The zero-order chi connectivity index (χ0) is 14.7. The van der Waals surface area contributed by atoms with Crippen LogP contribution in [-0.4, -0.2) is 35.6 Å². The van der Waals surface area contributed by atoms with Crippen molar-refractivity contribution in [2.75, 3.05) is 19.7 Å². The van der Waals surface area contributed by atoms with Crippen molar-refractivity contribution in [3.63, 3.8) is 0 Å². The highest BCUT2D eigenvalue weighted by atomic mass is 16.2. The first-order chi connectivity index (χ1) is 9.54. The van der Waals surface area contributed by atoms with Gasteiger partial charge in [0.2, 0.25) is 0 Å². The van der Waals surface area contributed by atoms with Crippen LogP contribution < -0.4 is 0 Å². The van der Waals surface area contributed by atoms with Crippen LogP contribution in [0, 0.1) is 30.6 Å². The molecule has 0 spiro atoms. The van der Waals surface area contributed by atoms with Crippen LogP contribution in [0.25, 0.3) is 0 Å². The van der Waals surface area contributed by atoms with Crippen molar-refractivity contribution in [1.82, 2.24) is 4.90 Å². The first kappa shape index (κ1) is 14.6. The Hall–Kier alpha value is -1.79. The maximum atomic E-state index is 12.6. The SMILES string of the molecule is Cc1c(C#CCO)cccc1C(=O)N1CC(C)C(C)C1. The molecule has 0 aliphatic carbocycles. The van der Waals surface area contributed by atoms with Crippen LogP contribution >= 0.6 is 0 Å². The van der Waals surface area contributed by atoms with Crippen LogP contribution in [-0.2, 0) is 0 Å². The largest absolute Gasteiger partial charge is 0.384 e. The van der Waals surface area contributed by atoms with E-state index >= 15 is 0 Å². The van der Waals surface area contributed by atoms with Crippen molar-refractivity contribution in [1.29, 1.82) is 0 Å². The van der Waals surface area contributed by atoms with Gasteiger partial charge >= 0.3 is 0 Å². The molecule has 106 valence electrons. The maximum absolute atomic E-state index is 12.6. The molecule has 1 fully saturated rings. The summed E-state index contributed by atoms with van der Waals surface area (Å²) in [6, 6.07) is 5.59. The number of nitrogens with zero attached hydrogens (tertiary/aromatic N) is 1. The molecule has 2 rings (SSSR count). The Kier molecular flexibility index (Phi) is 4.46. The monoisotopic (exact) mass is 271 g/mol. The van der Waals surface area contributed by atoms with Crippen molar-refractivity contribution in [3.8, 4) is 11.8 Å². The zero-order valence-corrected chi connectivity index (χ0v) is 12.3. The number of carbonyl (C=O) groups excluding carboxylic acids is 1. The molecule has 1 aliphatic rings. The standard InChI is InChI=1S/C17H21NO2/c1-12-10-18(11-13(12)2)17(20)16-8-4-6-15(14(16)3)7-5-9-19/h4,6,8,12-13,19H,9-11H2,1-3H3. The minimum atomic E-state index is -0.168. The average Bonchev–Trinajstić information content (AvgIpc) is 2.77. The average molecular weight is 271 g/mol. The molecule has 0 radical (unpaired) electrons. The molecule has 1 saturated heterocycles. The van der Waals surface area contributed by atoms with Gasteiger partial charge in [-0.05, 0) is 36.5 Å². The van der Waals surface area contributed by atoms with E-state index in [1.54, 1.807) is 0 Å². The predicted octanol–water partition coefficient (Wildman–Crippen LogP) is 2.07. The number of likely N-dealkylation sites (tertiary alicyclic amines) is 1. The van der Waals surface area contributed by atoms with Crippen molar-refractivity contribution in [2.45, 2.75) is 20.8 Å². The highest BCUT2D eigenvalue weighted by molar-refractivity contribution is 5.96. The van der Waals surface area contributed by atoms with Gasteiger partial charge in [-0.25, -0.2) is 0 Å². The Bertz CT molecular complexity index is 558. The third-order valence-corrected chi connectivity index (χ3v) is 4.14. The molecule has 2 unspecified atom stereocenters.